The Kier molecular flexibility index (Phi) is 5.00. The van der Waals surface area contributed by atoms with Crippen LogP contribution in [0.2, 0.25) is 0 Å². The number of benzene rings is 1. The van der Waals surface area contributed by atoms with Gasteiger partial charge in [-0.25, -0.2) is 0 Å². The fourth-order valence-electron chi connectivity index (χ4n) is 2.21. The number of primary amides is 1. The van der Waals surface area contributed by atoms with Crippen molar-refractivity contribution in [3.05, 3.63) is 64.9 Å². The number of aromatic amines is 1. The Bertz CT molecular complexity index is 802. The van der Waals surface area contributed by atoms with E-state index in [2.05, 4.69) is 25.9 Å². The number of nitrogens with zero attached hydrogens (tertiary/aromatic N) is 1. The van der Waals surface area contributed by atoms with E-state index < -0.39 is 5.91 Å². The number of halogens is 2. The predicted molar refractivity (Wildman–Crippen MR) is 92.9 cm³/mol. The number of pyridine rings is 1. The molecule has 0 fully saturated rings. The topological polar surface area (TPSA) is 71.8 Å². The van der Waals surface area contributed by atoms with Gasteiger partial charge in [0.2, 0.25) is 0 Å². The van der Waals surface area contributed by atoms with Gasteiger partial charge in [0.05, 0.1) is 11.3 Å². The number of H-pyrrole nitrogens is 1. The second kappa shape index (κ2) is 6.77. The lowest BCUT2D eigenvalue weighted by atomic mass is 10.1. The molecule has 1 aromatic carbocycles. The van der Waals surface area contributed by atoms with Crippen LogP contribution in [0.25, 0.3) is 22.5 Å². The highest BCUT2D eigenvalue weighted by atomic mass is 79.9. The average Bonchev–Trinajstić information content (AvgIpc) is 2.93. The van der Waals surface area contributed by atoms with Crippen molar-refractivity contribution in [1.82, 2.24) is 9.97 Å². The molecular weight excluding hydrogens is 366 g/mol. The Morgan fingerprint density at radius 2 is 1.82 bits per heavy atom. The number of carbonyl (C=O) groups is 1. The molecule has 0 saturated heterocycles. The summed E-state index contributed by atoms with van der Waals surface area (Å²) in [5.41, 5.74) is 9.38. The lowest BCUT2D eigenvalue weighted by Gasteiger charge is -2.02. The zero-order chi connectivity index (χ0) is 14.8. The highest BCUT2D eigenvalue weighted by Gasteiger charge is 2.15. The molecule has 3 N–H and O–H groups in total. The van der Waals surface area contributed by atoms with Gasteiger partial charge in [-0.1, -0.05) is 28.1 Å². The molecule has 0 bridgehead atoms. The average molecular weight is 379 g/mol. The van der Waals surface area contributed by atoms with E-state index in [0.29, 0.717) is 5.56 Å². The fourth-order valence-corrected chi connectivity index (χ4v) is 2.61. The van der Waals surface area contributed by atoms with Crippen LogP contribution < -0.4 is 5.73 Å². The molecule has 22 heavy (non-hydrogen) atoms. The van der Waals surface area contributed by atoms with Crippen molar-refractivity contribution in [3.8, 4) is 22.5 Å². The van der Waals surface area contributed by atoms with Crippen molar-refractivity contribution in [2.75, 3.05) is 0 Å². The summed E-state index contributed by atoms with van der Waals surface area (Å²) in [5.74, 6) is -0.457. The van der Waals surface area contributed by atoms with Crippen molar-refractivity contribution in [1.29, 1.82) is 0 Å². The Morgan fingerprint density at radius 3 is 2.45 bits per heavy atom. The molecule has 0 spiro atoms. The maximum atomic E-state index is 11.7. The van der Waals surface area contributed by atoms with E-state index in [1.807, 2.05) is 36.4 Å². The zero-order valence-electron chi connectivity index (χ0n) is 11.4. The molecule has 3 rings (SSSR count). The molecule has 0 radical (unpaired) electrons. The van der Waals surface area contributed by atoms with Crippen molar-refractivity contribution < 1.29 is 4.79 Å². The van der Waals surface area contributed by atoms with E-state index in [0.717, 1.165) is 27.0 Å². The third-order valence-corrected chi connectivity index (χ3v) is 3.68. The van der Waals surface area contributed by atoms with Gasteiger partial charge in [0.25, 0.3) is 5.91 Å². The second-order valence-corrected chi connectivity index (χ2v) is 5.50. The number of hydrogen-bond donors (Lipinski definition) is 2. The van der Waals surface area contributed by atoms with E-state index in [1.165, 1.54) is 0 Å². The van der Waals surface area contributed by atoms with E-state index >= 15 is 0 Å². The molecule has 0 aliphatic heterocycles. The molecule has 0 aliphatic carbocycles. The molecule has 4 nitrogen and oxygen atoms in total. The van der Waals surface area contributed by atoms with Gasteiger partial charge in [0.1, 0.15) is 0 Å². The van der Waals surface area contributed by atoms with Crippen molar-refractivity contribution in [2.24, 2.45) is 5.73 Å². The Labute approximate surface area is 142 Å². The van der Waals surface area contributed by atoms with Gasteiger partial charge in [-0.2, -0.15) is 0 Å². The van der Waals surface area contributed by atoms with Gasteiger partial charge in [0.15, 0.2) is 0 Å². The molecule has 3 aromatic rings. The first-order valence-corrected chi connectivity index (χ1v) is 7.13. The number of hydrogen-bond acceptors (Lipinski definition) is 2. The third kappa shape index (κ3) is 3.21. The molecule has 0 unspecified atom stereocenters. The minimum absolute atomic E-state index is 0. The monoisotopic (exact) mass is 377 g/mol. The molecule has 1 amide bonds. The lowest BCUT2D eigenvalue weighted by molar-refractivity contribution is 0.100. The summed E-state index contributed by atoms with van der Waals surface area (Å²) >= 11 is 3.43. The molecular formula is C16H13BrClN3O. The van der Waals surface area contributed by atoms with E-state index in [4.69, 9.17) is 5.73 Å². The molecule has 0 atom stereocenters. The first kappa shape index (κ1) is 16.3. The Morgan fingerprint density at radius 1 is 1.09 bits per heavy atom. The van der Waals surface area contributed by atoms with Gasteiger partial charge < -0.3 is 10.7 Å². The number of carbonyl (C=O) groups excluding carboxylic acids is 1. The van der Waals surface area contributed by atoms with Crippen molar-refractivity contribution in [3.63, 3.8) is 0 Å². The molecule has 0 aliphatic rings. The van der Waals surface area contributed by atoms with Crippen LogP contribution in [0.3, 0.4) is 0 Å². The highest BCUT2D eigenvalue weighted by Crippen LogP contribution is 2.30. The van der Waals surface area contributed by atoms with Crippen LogP contribution >= 0.6 is 28.3 Å². The van der Waals surface area contributed by atoms with Crippen LogP contribution in [0.5, 0.6) is 0 Å². The van der Waals surface area contributed by atoms with Gasteiger partial charge in [-0.05, 0) is 35.9 Å². The minimum atomic E-state index is -0.457. The van der Waals surface area contributed by atoms with Crippen molar-refractivity contribution >= 4 is 34.2 Å². The van der Waals surface area contributed by atoms with Gasteiger partial charge in [-0.15, -0.1) is 12.4 Å². The normalized spacial score (nSPS) is 10.0. The maximum Gasteiger partial charge on any atom is 0.250 e. The molecule has 0 saturated carbocycles. The predicted octanol–water partition coefficient (Wildman–Crippen LogP) is 4.03. The largest absolute Gasteiger partial charge is 0.366 e. The number of rotatable bonds is 3. The Balaban J connectivity index is 0.00000176. The number of aromatic nitrogens is 2. The first-order valence-electron chi connectivity index (χ1n) is 6.34. The summed E-state index contributed by atoms with van der Waals surface area (Å²) < 4.78 is 0.940. The van der Waals surface area contributed by atoms with Crippen LogP contribution in [0, 0.1) is 0 Å². The lowest BCUT2D eigenvalue weighted by Crippen LogP contribution is -2.11. The second-order valence-electron chi connectivity index (χ2n) is 4.58. The van der Waals surface area contributed by atoms with Crippen LogP contribution in [-0.4, -0.2) is 15.9 Å². The number of amides is 1. The third-order valence-electron chi connectivity index (χ3n) is 3.19. The summed E-state index contributed by atoms with van der Waals surface area (Å²) in [6.45, 7) is 0. The fraction of sp³-hybridized carbons (Fsp3) is 0. The van der Waals surface area contributed by atoms with Crippen LogP contribution in [0.1, 0.15) is 10.4 Å². The van der Waals surface area contributed by atoms with Gasteiger partial charge in [-0.3, -0.25) is 9.78 Å². The quantitative estimate of drug-likeness (QED) is 0.722. The summed E-state index contributed by atoms with van der Waals surface area (Å²) in [5, 5.41) is 0. The van der Waals surface area contributed by atoms with Crippen LogP contribution in [-0.2, 0) is 0 Å². The molecule has 2 heterocycles. The first-order chi connectivity index (χ1) is 10.1. The van der Waals surface area contributed by atoms with Crippen LogP contribution in [0.15, 0.2) is 59.3 Å². The highest BCUT2D eigenvalue weighted by molar-refractivity contribution is 9.10. The van der Waals surface area contributed by atoms with Crippen molar-refractivity contribution in [2.45, 2.75) is 0 Å². The SMILES string of the molecule is Cl.NC(=O)c1cc(-c2ccncc2)[nH]c1-c1cccc(Br)c1. The smallest absolute Gasteiger partial charge is 0.250 e. The maximum absolute atomic E-state index is 11.7. The van der Waals surface area contributed by atoms with E-state index in [9.17, 15) is 4.79 Å². The van der Waals surface area contributed by atoms with Gasteiger partial charge in [0, 0.05) is 28.1 Å². The summed E-state index contributed by atoms with van der Waals surface area (Å²) in [4.78, 5) is 19.0. The molecule has 112 valence electrons. The summed E-state index contributed by atoms with van der Waals surface area (Å²) in [6, 6.07) is 13.2. The standard InChI is InChI=1S/C16H12BrN3O.ClH/c17-12-3-1-2-11(8-12)15-13(16(18)21)9-14(20-15)10-4-6-19-7-5-10;/h1-9,20H,(H2,18,21);1H. The molecule has 2 aromatic heterocycles. The van der Waals surface area contributed by atoms with E-state index in [1.54, 1.807) is 18.5 Å². The molecule has 6 heteroatoms. The number of nitrogens with one attached hydrogen (secondary N) is 1. The van der Waals surface area contributed by atoms with Gasteiger partial charge >= 0.3 is 0 Å². The van der Waals surface area contributed by atoms with Crippen LogP contribution in [0.4, 0.5) is 0 Å². The summed E-state index contributed by atoms with van der Waals surface area (Å²) in [6.07, 6.45) is 3.41. The Hall–Kier alpha value is -2.11. The minimum Gasteiger partial charge on any atom is -0.366 e. The zero-order valence-corrected chi connectivity index (χ0v) is 13.8. The number of nitrogens with two attached hydrogens (primary N) is 1. The van der Waals surface area contributed by atoms with E-state index in [-0.39, 0.29) is 12.4 Å². The summed E-state index contributed by atoms with van der Waals surface area (Å²) in [7, 11) is 0.